The largest absolute Gasteiger partial charge is 0.465 e. The molecule has 1 saturated heterocycles. The first-order valence-electron chi connectivity index (χ1n) is 9.11. The van der Waals surface area contributed by atoms with Crippen molar-refractivity contribution in [3.8, 4) is 0 Å². The van der Waals surface area contributed by atoms with Crippen molar-refractivity contribution in [3.63, 3.8) is 0 Å². The number of pyridine rings is 1. The van der Waals surface area contributed by atoms with E-state index in [0.29, 0.717) is 30.6 Å². The Hall–Kier alpha value is -1.76. The Morgan fingerprint density at radius 1 is 1.44 bits per heavy atom. The first-order valence-corrected chi connectivity index (χ1v) is 9.11. The number of nitrogens with zero attached hydrogens (tertiary/aromatic N) is 3. The molecule has 0 amide bonds. The Bertz CT molecular complexity index is 555. The normalized spacial score (nSPS) is 20.8. The Labute approximate surface area is 152 Å². The van der Waals surface area contributed by atoms with Crippen LogP contribution in [0.4, 0.5) is 11.5 Å². The molecule has 6 nitrogen and oxygen atoms in total. The average molecular weight is 345 g/mol. The molecule has 0 bridgehead atoms. The number of carbonyl (C=O) groups is 1. The number of nitrogens with two attached hydrogens (primary N) is 1. The highest BCUT2D eigenvalue weighted by Crippen LogP contribution is 2.29. The Kier molecular flexibility index (Phi) is 7.11. The first kappa shape index (κ1) is 19.6. The minimum atomic E-state index is -0.150. The SMILES string of the molecule is C[B]C(C)C(C)C1CN(CC(=O)OCC)CCN1c1ccc(N)cn1. The maximum atomic E-state index is 11.9. The summed E-state index contributed by atoms with van der Waals surface area (Å²) < 4.78 is 5.11. The van der Waals surface area contributed by atoms with Gasteiger partial charge in [0.2, 0.25) is 0 Å². The van der Waals surface area contributed by atoms with Gasteiger partial charge in [0.15, 0.2) is 0 Å². The summed E-state index contributed by atoms with van der Waals surface area (Å²) in [6, 6.07) is 4.16. The zero-order chi connectivity index (χ0) is 18.4. The molecule has 1 aliphatic heterocycles. The van der Waals surface area contributed by atoms with Gasteiger partial charge in [-0.2, -0.15) is 0 Å². The monoisotopic (exact) mass is 345 g/mol. The van der Waals surface area contributed by atoms with Gasteiger partial charge in [-0.25, -0.2) is 4.98 Å². The summed E-state index contributed by atoms with van der Waals surface area (Å²) in [6.07, 6.45) is 1.71. The van der Waals surface area contributed by atoms with Crippen LogP contribution in [0.5, 0.6) is 0 Å². The number of carbonyl (C=O) groups excluding carboxylic acids is 1. The molecule has 3 atom stereocenters. The van der Waals surface area contributed by atoms with E-state index in [2.05, 4.69) is 42.7 Å². The van der Waals surface area contributed by atoms with Gasteiger partial charge in [0.05, 0.1) is 25.0 Å². The molecular weight excluding hydrogens is 315 g/mol. The van der Waals surface area contributed by atoms with Crippen molar-refractivity contribution >= 4 is 24.8 Å². The number of nitrogen functional groups attached to an aromatic ring is 1. The van der Waals surface area contributed by atoms with E-state index < -0.39 is 0 Å². The second kappa shape index (κ2) is 9.08. The van der Waals surface area contributed by atoms with E-state index in [4.69, 9.17) is 10.5 Å². The van der Waals surface area contributed by atoms with Crippen LogP contribution in [0, 0.1) is 5.92 Å². The van der Waals surface area contributed by atoms with Crippen molar-refractivity contribution in [3.05, 3.63) is 18.3 Å². The molecule has 1 aliphatic rings. The zero-order valence-corrected chi connectivity index (χ0v) is 15.8. The van der Waals surface area contributed by atoms with Crippen LogP contribution in [0.25, 0.3) is 0 Å². The van der Waals surface area contributed by atoms with Gasteiger partial charge in [0.25, 0.3) is 0 Å². The molecule has 1 aromatic rings. The van der Waals surface area contributed by atoms with Gasteiger partial charge in [-0.15, -0.1) is 0 Å². The minimum absolute atomic E-state index is 0.150. The van der Waals surface area contributed by atoms with Gasteiger partial charge >= 0.3 is 5.97 Å². The molecule has 25 heavy (non-hydrogen) atoms. The zero-order valence-electron chi connectivity index (χ0n) is 15.8. The highest BCUT2D eigenvalue weighted by Gasteiger charge is 2.34. The van der Waals surface area contributed by atoms with Gasteiger partial charge in [-0.1, -0.05) is 26.5 Å². The summed E-state index contributed by atoms with van der Waals surface area (Å²) in [5, 5.41) is 0. The number of anilines is 2. The van der Waals surface area contributed by atoms with E-state index in [1.54, 1.807) is 6.20 Å². The molecule has 2 heterocycles. The van der Waals surface area contributed by atoms with E-state index in [1.165, 1.54) is 0 Å². The minimum Gasteiger partial charge on any atom is -0.465 e. The number of rotatable bonds is 7. The number of hydrogen-bond donors (Lipinski definition) is 1. The second-order valence-corrected chi connectivity index (χ2v) is 6.80. The molecule has 7 heteroatoms. The van der Waals surface area contributed by atoms with Crippen LogP contribution in [0.2, 0.25) is 12.6 Å². The smallest absolute Gasteiger partial charge is 0.320 e. The second-order valence-electron chi connectivity index (χ2n) is 6.80. The fourth-order valence-corrected chi connectivity index (χ4v) is 3.36. The van der Waals surface area contributed by atoms with Crippen LogP contribution < -0.4 is 10.6 Å². The van der Waals surface area contributed by atoms with Crippen molar-refractivity contribution in [2.45, 2.75) is 39.5 Å². The quantitative estimate of drug-likeness (QED) is 0.601. The van der Waals surface area contributed by atoms with Gasteiger partial charge in [-0.05, 0) is 25.0 Å². The van der Waals surface area contributed by atoms with E-state index in [-0.39, 0.29) is 12.0 Å². The Morgan fingerprint density at radius 3 is 2.80 bits per heavy atom. The van der Waals surface area contributed by atoms with Crippen molar-refractivity contribution in [2.75, 3.05) is 43.4 Å². The lowest BCUT2D eigenvalue weighted by Gasteiger charge is -2.46. The third kappa shape index (κ3) is 5.11. The Balaban J connectivity index is 2.16. The van der Waals surface area contributed by atoms with Crippen LogP contribution in [-0.4, -0.2) is 62.0 Å². The lowest BCUT2D eigenvalue weighted by molar-refractivity contribution is -0.144. The third-order valence-corrected chi connectivity index (χ3v) is 5.19. The number of piperazine rings is 1. The van der Waals surface area contributed by atoms with Crippen molar-refractivity contribution in [2.24, 2.45) is 5.92 Å². The lowest BCUT2D eigenvalue weighted by atomic mass is 9.61. The number of aromatic nitrogens is 1. The van der Waals surface area contributed by atoms with Crippen molar-refractivity contribution < 1.29 is 9.53 Å². The van der Waals surface area contributed by atoms with Gasteiger partial charge in [0, 0.05) is 25.7 Å². The molecule has 0 spiro atoms. The van der Waals surface area contributed by atoms with Gasteiger partial charge in [-0.3, -0.25) is 9.69 Å². The third-order valence-electron chi connectivity index (χ3n) is 5.19. The van der Waals surface area contributed by atoms with Gasteiger partial charge in [0.1, 0.15) is 13.1 Å². The molecule has 137 valence electrons. The summed E-state index contributed by atoms with van der Waals surface area (Å²) in [7, 11) is 2.24. The number of hydrogen-bond acceptors (Lipinski definition) is 6. The maximum absolute atomic E-state index is 11.9. The molecule has 1 fully saturated rings. The first-order chi connectivity index (χ1) is 12.0. The predicted octanol–water partition coefficient (Wildman–Crippen LogP) is 1.91. The van der Waals surface area contributed by atoms with E-state index in [0.717, 1.165) is 25.5 Å². The molecule has 1 radical (unpaired) electrons. The van der Waals surface area contributed by atoms with E-state index in [1.807, 2.05) is 19.1 Å². The van der Waals surface area contributed by atoms with Crippen LogP contribution in [0.15, 0.2) is 18.3 Å². The van der Waals surface area contributed by atoms with Crippen LogP contribution >= 0.6 is 0 Å². The van der Waals surface area contributed by atoms with Crippen molar-refractivity contribution in [1.29, 1.82) is 0 Å². The lowest BCUT2D eigenvalue weighted by Crippen LogP contribution is -2.57. The molecule has 2 rings (SSSR count). The molecular formula is C18H30BN4O2. The molecule has 0 aliphatic carbocycles. The van der Waals surface area contributed by atoms with E-state index in [9.17, 15) is 4.79 Å². The average Bonchev–Trinajstić information content (AvgIpc) is 2.61. The fraction of sp³-hybridized carbons (Fsp3) is 0.667. The van der Waals surface area contributed by atoms with Crippen LogP contribution in [0.3, 0.4) is 0 Å². The molecule has 1 aromatic heterocycles. The fourth-order valence-electron chi connectivity index (χ4n) is 3.36. The standard InChI is InChI=1S/C18H30BN4O2/c1-5-25-18(24)12-22-8-9-23(17-7-6-15(20)10-21-17)16(11-22)13(2)14(3)19-4/h6-7,10,13-14,16H,5,8-9,11-12,20H2,1-4H3. The van der Waals surface area contributed by atoms with Crippen molar-refractivity contribution in [1.82, 2.24) is 9.88 Å². The summed E-state index contributed by atoms with van der Waals surface area (Å²) in [5.41, 5.74) is 6.45. The molecule has 0 saturated carbocycles. The number of esters is 1. The van der Waals surface area contributed by atoms with Crippen LogP contribution in [0.1, 0.15) is 20.8 Å². The van der Waals surface area contributed by atoms with Gasteiger partial charge < -0.3 is 15.4 Å². The highest BCUT2D eigenvalue weighted by atomic mass is 16.5. The molecule has 2 N–H and O–H groups in total. The summed E-state index contributed by atoms with van der Waals surface area (Å²) in [6.45, 7) is 11.7. The molecule has 3 unspecified atom stereocenters. The van der Waals surface area contributed by atoms with Crippen LogP contribution in [-0.2, 0) is 9.53 Å². The Morgan fingerprint density at radius 2 is 2.20 bits per heavy atom. The molecule has 0 aromatic carbocycles. The summed E-state index contributed by atoms with van der Waals surface area (Å²) in [5.74, 6) is 1.71. The summed E-state index contributed by atoms with van der Waals surface area (Å²) in [4.78, 5) is 20.9. The highest BCUT2D eigenvalue weighted by molar-refractivity contribution is 6.35. The summed E-state index contributed by atoms with van der Waals surface area (Å²) >= 11 is 0. The van der Waals surface area contributed by atoms with E-state index >= 15 is 0 Å². The maximum Gasteiger partial charge on any atom is 0.320 e. The predicted molar refractivity (Wildman–Crippen MR) is 103 cm³/mol. The topological polar surface area (TPSA) is 71.7 Å². The number of ether oxygens (including phenoxy) is 1.